The van der Waals surface area contributed by atoms with Gasteiger partial charge in [-0.15, -0.1) is 12.4 Å². The van der Waals surface area contributed by atoms with Crippen molar-refractivity contribution in [1.29, 1.82) is 0 Å². The zero-order chi connectivity index (χ0) is 11.4. The smallest absolute Gasteiger partial charge is 0.287 e. The Morgan fingerprint density at radius 1 is 1.59 bits per heavy atom. The number of anilines is 1. The molecule has 2 heterocycles. The molecule has 94 valence electrons. The number of halogens is 1. The molecule has 0 bridgehead atoms. The minimum absolute atomic E-state index is 0. The number of nitro groups is 1. The van der Waals surface area contributed by atoms with Gasteiger partial charge in [-0.2, -0.15) is 0 Å². The second-order valence-corrected chi connectivity index (χ2v) is 3.90. The highest BCUT2D eigenvalue weighted by Crippen LogP contribution is 2.13. The Kier molecular flexibility index (Phi) is 5.11. The van der Waals surface area contributed by atoms with E-state index >= 15 is 0 Å². The van der Waals surface area contributed by atoms with Crippen LogP contribution in [-0.2, 0) is 0 Å². The minimum Gasteiger partial charge on any atom is -0.370 e. The molecular formula is C10H15ClN4O2. The van der Waals surface area contributed by atoms with Gasteiger partial charge in [-0.3, -0.25) is 10.1 Å². The Morgan fingerprint density at radius 3 is 2.94 bits per heavy atom. The van der Waals surface area contributed by atoms with Crippen LogP contribution in [0, 0.1) is 16.0 Å². The van der Waals surface area contributed by atoms with Gasteiger partial charge in [-0.1, -0.05) is 0 Å². The number of rotatable bonds is 4. The minimum atomic E-state index is -0.447. The predicted octanol–water partition coefficient (Wildman–Crippen LogP) is 1.43. The summed E-state index contributed by atoms with van der Waals surface area (Å²) in [4.78, 5) is 14.0. The van der Waals surface area contributed by atoms with Crippen LogP contribution >= 0.6 is 12.4 Å². The van der Waals surface area contributed by atoms with Crippen LogP contribution < -0.4 is 10.6 Å². The third-order valence-electron chi connectivity index (χ3n) is 2.69. The van der Waals surface area contributed by atoms with E-state index in [1.807, 2.05) is 0 Å². The average molecular weight is 259 g/mol. The summed E-state index contributed by atoms with van der Waals surface area (Å²) in [6.07, 6.45) is 2.44. The molecule has 7 heteroatoms. The second kappa shape index (κ2) is 6.36. The number of hydrogen-bond acceptors (Lipinski definition) is 5. The van der Waals surface area contributed by atoms with Crippen LogP contribution in [0.2, 0.25) is 0 Å². The molecule has 1 atom stereocenters. The van der Waals surface area contributed by atoms with E-state index in [4.69, 9.17) is 0 Å². The first-order chi connectivity index (χ1) is 7.75. The van der Waals surface area contributed by atoms with E-state index in [-0.39, 0.29) is 18.1 Å². The average Bonchev–Trinajstić information content (AvgIpc) is 2.80. The summed E-state index contributed by atoms with van der Waals surface area (Å²) < 4.78 is 0. The topological polar surface area (TPSA) is 80.1 Å². The Morgan fingerprint density at radius 2 is 2.41 bits per heavy atom. The fourth-order valence-corrected chi connectivity index (χ4v) is 1.74. The largest absolute Gasteiger partial charge is 0.370 e. The fourth-order valence-electron chi connectivity index (χ4n) is 1.74. The van der Waals surface area contributed by atoms with Crippen LogP contribution in [0.25, 0.3) is 0 Å². The van der Waals surface area contributed by atoms with Gasteiger partial charge in [-0.25, -0.2) is 4.98 Å². The van der Waals surface area contributed by atoms with Crippen LogP contribution in [0.3, 0.4) is 0 Å². The summed E-state index contributed by atoms with van der Waals surface area (Å²) >= 11 is 0. The molecular weight excluding hydrogens is 244 g/mol. The summed E-state index contributed by atoms with van der Waals surface area (Å²) in [5, 5.41) is 16.9. The van der Waals surface area contributed by atoms with Crippen molar-refractivity contribution >= 4 is 23.9 Å². The van der Waals surface area contributed by atoms with Gasteiger partial charge >= 0.3 is 0 Å². The maximum absolute atomic E-state index is 10.4. The second-order valence-electron chi connectivity index (χ2n) is 3.90. The zero-order valence-electron chi connectivity index (χ0n) is 9.26. The van der Waals surface area contributed by atoms with Crippen molar-refractivity contribution in [2.45, 2.75) is 6.42 Å². The molecule has 1 aromatic rings. The van der Waals surface area contributed by atoms with Gasteiger partial charge < -0.3 is 10.6 Å². The molecule has 0 aromatic carbocycles. The maximum Gasteiger partial charge on any atom is 0.287 e. The maximum atomic E-state index is 10.4. The lowest BCUT2D eigenvalue weighted by atomic mass is 10.1. The Balaban J connectivity index is 0.00000144. The molecule has 1 aromatic heterocycles. The lowest BCUT2D eigenvalue weighted by Gasteiger charge is -2.09. The SMILES string of the molecule is Cl.O=[N+]([O-])c1ccc(NCC2CCNC2)nc1. The van der Waals surface area contributed by atoms with E-state index in [1.54, 1.807) is 6.07 Å². The Labute approximate surface area is 105 Å². The van der Waals surface area contributed by atoms with Crippen molar-refractivity contribution in [3.05, 3.63) is 28.4 Å². The van der Waals surface area contributed by atoms with Crippen molar-refractivity contribution in [2.24, 2.45) is 5.92 Å². The van der Waals surface area contributed by atoms with Crippen molar-refractivity contribution in [3.63, 3.8) is 0 Å². The molecule has 0 radical (unpaired) electrons. The van der Waals surface area contributed by atoms with E-state index in [1.165, 1.54) is 18.7 Å². The molecule has 1 aliphatic heterocycles. The predicted molar refractivity (Wildman–Crippen MR) is 67.6 cm³/mol. The molecule has 0 saturated carbocycles. The summed E-state index contributed by atoms with van der Waals surface area (Å²) in [7, 11) is 0. The van der Waals surface area contributed by atoms with Gasteiger partial charge in [0.25, 0.3) is 5.69 Å². The molecule has 2 N–H and O–H groups in total. The Bertz CT molecular complexity index is 365. The van der Waals surface area contributed by atoms with Crippen molar-refractivity contribution < 1.29 is 4.92 Å². The molecule has 2 rings (SSSR count). The Hall–Kier alpha value is -1.40. The highest BCUT2D eigenvalue weighted by Gasteiger charge is 2.14. The van der Waals surface area contributed by atoms with Crippen LogP contribution in [0.1, 0.15) is 6.42 Å². The summed E-state index contributed by atoms with van der Waals surface area (Å²) in [5.41, 5.74) is 0.0214. The summed E-state index contributed by atoms with van der Waals surface area (Å²) in [6, 6.07) is 3.10. The number of aromatic nitrogens is 1. The first kappa shape index (κ1) is 13.7. The first-order valence-corrected chi connectivity index (χ1v) is 5.31. The quantitative estimate of drug-likeness (QED) is 0.631. The van der Waals surface area contributed by atoms with Gasteiger partial charge in [0.05, 0.1) is 4.92 Å². The van der Waals surface area contributed by atoms with E-state index in [9.17, 15) is 10.1 Å². The standard InChI is InChI=1S/C10H14N4O2.ClH/c15-14(16)9-1-2-10(13-7-9)12-6-8-3-4-11-5-8;/h1-2,7-8,11H,3-6H2,(H,12,13);1H. The molecule has 1 saturated heterocycles. The van der Waals surface area contributed by atoms with E-state index < -0.39 is 4.92 Å². The van der Waals surface area contributed by atoms with E-state index in [2.05, 4.69) is 15.6 Å². The highest BCUT2D eigenvalue weighted by atomic mass is 35.5. The molecule has 1 aliphatic rings. The third-order valence-corrected chi connectivity index (χ3v) is 2.69. The van der Waals surface area contributed by atoms with Crippen LogP contribution in [0.5, 0.6) is 0 Å². The number of nitrogens with zero attached hydrogens (tertiary/aromatic N) is 2. The lowest BCUT2D eigenvalue weighted by molar-refractivity contribution is -0.385. The molecule has 0 aliphatic carbocycles. The van der Waals surface area contributed by atoms with Gasteiger partial charge in [0.2, 0.25) is 0 Å². The van der Waals surface area contributed by atoms with E-state index in [0.717, 1.165) is 19.6 Å². The number of hydrogen-bond donors (Lipinski definition) is 2. The van der Waals surface area contributed by atoms with Crippen LogP contribution in [0.15, 0.2) is 18.3 Å². The van der Waals surface area contributed by atoms with Gasteiger partial charge in [-0.05, 0) is 31.5 Å². The molecule has 0 spiro atoms. The van der Waals surface area contributed by atoms with Crippen LogP contribution in [0.4, 0.5) is 11.5 Å². The van der Waals surface area contributed by atoms with Gasteiger partial charge in [0.15, 0.2) is 0 Å². The summed E-state index contributed by atoms with van der Waals surface area (Å²) in [6.45, 7) is 2.96. The molecule has 17 heavy (non-hydrogen) atoms. The number of nitrogens with one attached hydrogen (secondary N) is 2. The molecule has 1 unspecified atom stereocenters. The van der Waals surface area contributed by atoms with Crippen molar-refractivity contribution in [1.82, 2.24) is 10.3 Å². The van der Waals surface area contributed by atoms with Gasteiger partial charge in [0, 0.05) is 12.6 Å². The molecule has 6 nitrogen and oxygen atoms in total. The van der Waals surface area contributed by atoms with Crippen molar-refractivity contribution in [2.75, 3.05) is 25.0 Å². The fraction of sp³-hybridized carbons (Fsp3) is 0.500. The monoisotopic (exact) mass is 258 g/mol. The third kappa shape index (κ3) is 3.83. The first-order valence-electron chi connectivity index (χ1n) is 5.31. The molecule has 0 amide bonds. The van der Waals surface area contributed by atoms with Gasteiger partial charge in [0.1, 0.15) is 12.0 Å². The van der Waals surface area contributed by atoms with E-state index in [0.29, 0.717) is 11.7 Å². The number of pyridine rings is 1. The van der Waals surface area contributed by atoms with Crippen LogP contribution in [-0.4, -0.2) is 29.5 Å². The van der Waals surface area contributed by atoms with Crippen molar-refractivity contribution in [3.8, 4) is 0 Å². The summed E-state index contributed by atoms with van der Waals surface area (Å²) in [5.74, 6) is 1.31. The normalized spacial score (nSPS) is 18.5. The molecule has 1 fully saturated rings. The zero-order valence-corrected chi connectivity index (χ0v) is 10.1. The lowest BCUT2D eigenvalue weighted by Crippen LogP contribution is -2.17. The highest BCUT2D eigenvalue weighted by molar-refractivity contribution is 5.85.